The lowest BCUT2D eigenvalue weighted by molar-refractivity contribution is 0.601. The normalized spacial score (nSPS) is 17.2. The van der Waals surface area contributed by atoms with Crippen LogP contribution in [0.2, 0.25) is 0 Å². The molecule has 0 bridgehead atoms. The number of aromatic nitrogens is 1. The van der Waals surface area contributed by atoms with Gasteiger partial charge in [0.1, 0.15) is 0 Å². The second-order valence-corrected chi connectivity index (χ2v) is 7.06. The molecule has 22 heavy (non-hydrogen) atoms. The van der Waals surface area contributed by atoms with E-state index in [9.17, 15) is 0 Å². The van der Waals surface area contributed by atoms with Gasteiger partial charge in [-0.3, -0.25) is 4.98 Å². The van der Waals surface area contributed by atoms with Crippen molar-refractivity contribution in [2.75, 3.05) is 6.54 Å². The number of nitrogens with one attached hydrogen (secondary N) is 1. The number of thiophene rings is 1. The Kier molecular flexibility index (Phi) is 3.53. The molecule has 2 aromatic heterocycles. The summed E-state index contributed by atoms with van der Waals surface area (Å²) in [6.07, 6.45) is 1.87. The van der Waals surface area contributed by atoms with Gasteiger partial charge in [-0.25, -0.2) is 0 Å². The van der Waals surface area contributed by atoms with Crippen LogP contribution in [0, 0.1) is 6.92 Å². The van der Waals surface area contributed by atoms with E-state index in [0.29, 0.717) is 5.92 Å². The zero-order valence-electron chi connectivity index (χ0n) is 12.5. The van der Waals surface area contributed by atoms with Crippen molar-refractivity contribution >= 4 is 11.3 Å². The first-order valence-electron chi connectivity index (χ1n) is 7.63. The fourth-order valence-corrected chi connectivity index (χ4v) is 4.36. The number of fused-ring (bicyclic) bond motifs is 1. The standard InChI is InChI=1S/C19H18N2S/c1-13-10-16-17(11-20-12-19(16)22-13)14-6-2-3-7-15(14)18-8-4-5-9-21-18/h2-10,17,20H,11-12H2,1H3. The molecule has 0 amide bonds. The molecule has 0 saturated carbocycles. The minimum atomic E-state index is 0.409. The lowest BCUT2D eigenvalue weighted by atomic mass is 9.85. The SMILES string of the molecule is Cc1cc2c(s1)CNCC2c1ccccc1-c1ccccn1. The molecule has 2 nitrogen and oxygen atoms in total. The fourth-order valence-electron chi connectivity index (χ4n) is 3.29. The van der Waals surface area contributed by atoms with E-state index in [2.05, 4.69) is 59.7 Å². The van der Waals surface area contributed by atoms with Crippen molar-refractivity contribution in [3.8, 4) is 11.3 Å². The van der Waals surface area contributed by atoms with Gasteiger partial charge in [0, 0.05) is 40.5 Å². The van der Waals surface area contributed by atoms with Crippen molar-refractivity contribution < 1.29 is 0 Å². The van der Waals surface area contributed by atoms with Crippen LogP contribution in [0.4, 0.5) is 0 Å². The Morgan fingerprint density at radius 2 is 1.95 bits per heavy atom. The van der Waals surface area contributed by atoms with Gasteiger partial charge in [0.15, 0.2) is 0 Å². The van der Waals surface area contributed by atoms with Crippen molar-refractivity contribution in [3.05, 3.63) is 75.6 Å². The number of hydrogen-bond acceptors (Lipinski definition) is 3. The monoisotopic (exact) mass is 306 g/mol. The molecule has 0 saturated heterocycles. The van der Waals surface area contributed by atoms with E-state index in [4.69, 9.17) is 0 Å². The molecule has 3 aromatic rings. The highest BCUT2D eigenvalue weighted by Gasteiger charge is 2.25. The van der Waals surface area contributed by atoms with Crippen molar-refractivity contribution in [3.63, 3.8) is 0 Å². The summed E-state index contributed by atoms with van der Waals surface area (Å²) in [6.45, 7) is 4.19. The third-order valence-corrected chi connectivity index (χ3v) is 5.32. The summed E-state index contributed by atoms with van der Waals surface area (Å²) in [5.74, 6) is 0.409. The summed E-state index contributed by atoms with van der Waals surface area (Å²) in [5, 5.41) is 3.57. The Morgan fingerprint density at radius 1 is 1.09 bits per heavy atom. The molecule has 0 aliphatic carbocycles. The molecule has 1 unspecified atom stereocenters. The zero-order valence-corrected chi connectivity index (χ0v) is 13.4. The second kappa shape index (κ2) is 5.67. The summed E-state index contributed by atoms with van der Waals surface area (Å²) in [4.78, 5) is 7.42. The van der Waals surface area contributed by atoms with E-state index < -0.39 is 0 Å². The number of pyridine rings is 1. The van der Waals surface area contributed by atoms with E-state index in [1.54, 1.807) is 0 Å². The molecule has 0 fully saturated rings. The van der Waals surface area contributed by atoms with Crippen LogP contribution in [0.15, 0.2) is 54.7 Å². The fraction of sp³-hybridized carbons (Fsp3) is 0.211. The van der Waals surface area contributed by atoms with Crippen LogP contribution >= 0.6 is 11.3 Å². The van der Waals surface area contributed by atoms with Crippen LogP contribution in [0.25, 0.3) is 11.3 Å². The first-order chi connectivity index (χ1) is 10.8. The van der Waals surface area contributed by atoms with Gasteiger partial charge < -0.3 is 5.32 Å². The number of aryl methyl sites for hydroxylation is 1. The van der Waals surface area contributed by atoms with Crippen molar-refractivity contribution in [1.29, 1.82) is 0 Å². The minimum Gasteiger partial charge on any atom is -0.311 e. The molecule has 4 rings (SSSR count). The molecule has 110 valence electrons. The third-order valence-electron chi connectivity index (χ3n) is 4.25. The summed E-state index contributed by atoms with van der Waals surface area (Å²) in [5.41, 5.74) is 5.15. The molecule has 3 heterocycles. The summed E-state index contributed by atoms with van der Waals surface area (Å²) >= 11 is 1.91. The highest BCUT2D eigenvalue weighted by molar-refractivity contribution is 7.12. The van der Waals surface area contributed by atoms with E-state index in [1.165, 1.54) is 26.4 Å². The van der Waals surface area contributed by atoms with Crippen molar-refractivity contribution in [1.82, 2.24) is 10.3 Å². The van der Waals surface area contributed by atoms with Gasteiger partial charge in [0.2, 0.25) is 0 Å². The highest BCUT2D eigenvalue weighted by atomic mass is 32.1. The maximum atomic E-state index is 4.55. The number of nitrogens with zero attached hydrogens (tertiary/aromatic N) is 1. The largest absolute Gasteiger partial charge is 0.311 e. The average Bonchev–Trinajstić information content (AvgIpc) is 2.96. The summed E-state index contributed by atoms with van der Waals surface area (Å²) in [6, 6.07) is 17.1. The third kappa shape index (κ3) is 2.36. The van der Waals surface area contributed by atoms with Gasteiger partial charge in [-0.1, -0.05) is 30.3 Å². The van der Waals surface area contributed by atoms with Gasteiger partial charge >= 0.3 is 0 Å². The van der Waals surface area contributed by atoms with E-state index in [1.807, 2.05) is 23.6 Å². The van der Waals surface area contributed by atoms with Crippen LogP contribution < -0.4 is 5.32 Å². The van der Waals surface area contributed by atoms with Crippen molar-refractivity contribution in [2.24, 2.45) is 0 Å². The topological polar surface area (TPSA) is 24.9 Å². The molecule has 1 atom stereocenters. The molecular weight excluding hydrogens is 288 g/mol. The molecule has 0 spiro atoms. The van der Waals surface area contributed by atoms with Gasteiger partial charge in [-0.05, 0) is 36.2 Å². The van der Waals surface area contributed by atoms with Gasteiger partial charge in [-0.15, -0.1) is 11.3 Å². The minimum absolute atomic E-state index is 0.409. The smallest absolute Gasteiger partial charge is 0.0704 e. The van der Waals surface area contributed by atoms with Crippen LogP contribution in [-0.2, 0) is 6.54 Å². The predicted molar refractivity (Wildman–Crippen MR) is 92.3 cm³/mol. The summed E-state index contributed by atoms with van der Waals surface area (Å²) in [7, 11) is 0. The lowest BCUT2D eigenvalue weighted by Crippen LogP contribution is -2.27. The van der Waals surface area contributed by atoms with E-state index in [0.717, 1.165) is 18.8 Å². The maximum absolute atomic E-state index is 4.55. The second-order valence-electron chi connectivity index (χ2n) is 5.72. The Labute approximate surface area is 134 Å². The van der Waals surface area contributed by atoms with Gasteiger partial charge in [0.25, 0.3) is 0 Å². The number of benzene rings is 1. The average molecular weight is 306 g/mol. The van der Waals surface area contributed by atoms with Crippen LogP contribution in [0.5, 0.6) is 0 Å². The molecule has 1 aliphatic rings. The van der Waals surface area contributed by atoms with E-state index >= 15 is 0 Å². The molecular formula is C19H18N2S. The summed E-state index contributed by atoms with van der Waals surface area (Å²) < 4.78 is 0. The Hall–Kier alpha value is -1.97. The van der Waals surface area contributed by atoms with E-state index in [-0.39, 0.29) is 0 Å². The van der Waals surface area contributed by atoms with Crippen LogP contribution in [0.3, 0.4) is 0 Å². The Balaban J connectivity index is 1.85. The maximum Gasteiger partial charge on any atom is 0.0704 e. The molecule has 1 N–H and O–H groups in total. The quantitative estimate of drug-likeness (QED) is 0.761. The van der Waals surface area contributed by atoms with Gasteiger partial charge in [-0.2, -0.15) is 0 Å². The zero-order chi connectivity index (χ0) is 14.9. The van der Waals surface area contributed by atoms with Gasteiger partial charge in [0.05, 0.1) is 5.69 Å². The van der Waals surface area contributed by atoms with Crippen LogP contribution in [-0.4, -0.2) is 11.5 Å². The van der Waals surface area contributed by atoms with Crippen molar-refractivity contribution in [2.45, 2.75) is 19.4 Å². The number of hydrogen-bond donors (Lipinski definition) is 1. The Morgan fingerprint density at radius 3 is 2.82 bits per heavy atom. The molecule has 0 radical (unpaired) electrons. The lowest BCUT2D eigenvalue weighted by Gasteiger charge is -2.26. The first-order valence-corrected chi connectivity index (χ1v) is 8.45. The molecule has 1 aromatic carbocycles. The number of rotatable bonds is 2. The Bertz CT molecular complexity index is 792. The first kappa shape index (κ1) is 13.7. The predicted octanol–water partition coefficient (Wildman–Crippen LogP) is 4.35. The molecule has 1 aliphatic heterocycles. The van der Waals surface area contributed by atoms with Crippen LogP contribution in [0.1, 0.15) is 26.8 Å². The highest BCUT2D eigenvalue weighted by Crippen LogP contribution is 2.38. The molecule has 3 heteroatoms.